The maximum atomic E-state index is 11.7. The number of fused-ring (bicyclic) bond motifs is 1. The summed E-state index contributed by atoms with van der Waals surface area (Å²) < 4.78 is 5.36. The predicted molar refractivity (Wildman–Crippen MR) is 65.2 cm³/mol. The fourth-order valence-electron chi connectivity index (χ4n) is 1.73. The van der Waals surface area contributed by atoms with Crippen LogP contribution in [0.15, 0.2) is 24.3 Å². The average molecular weight is 256 g/mol. The number of alkyl halides is 1. The summed E-state index contributed by atoms with van der Waals surface area (Å²) >= 11 is 5.46. The van der Waals surface area contributed by atoms with Crippen molar-refractivity contribution in [1.29, 1.82) is 0 Å². The SMILES string of the molecule is O=C1Nc2ccccc2CC1OCC(O)CCl. The minimum absolute atomic E-state index is 0.0732. The van der Waals surface area contributed by atoms with Crippen LogP contribution in [0.3, 0.4) is 0 Å². The number of carbonyl (C=O) groups is 1. The van der Waals surface area contributed by atoms with Gasteiger partial charge < -0.3 is 15.2 Å². The number of carbonyl (C=O) groups excluding carboxylic acids is 1. The summed E-state index contributed by atoms with van der Waals surface area (Å²) in [6.07, 6.45) is -0.763. The molecule has 1 aromatic rings. The number of aliphatic hydroxyl groups excluding tert-OH is 1. The van der Waals surface area contributed by atoms with Gasteiger partial charge in [0.05, 0.1) is 18.6 Å². The summed E-state index contributed by atoms with van der Waals surface area (Å²) in [5, 5.41) is 12.1. The van der Waals surface area contributed by atoms with Crippen molar-refractivity contribution in [3.8, 4) is 0 Å². The van der Waals surface area contributed by atoms with Crippen LogP contribution in [0.4, 0.5) is 5.69 Å². The molecule has 1 amide bonds. The van der Waals surface area contributed by atoms with E-state index in [0.717, 1.165) is 11.3 Å². The van der Waals surface area contributed by atoms with Crippen LogP contribution >= 0.6 is 11.6 Å². The molecule has 17 heavy (non-hydrogen) atoms. The standard InChI is InChI=1S/C12H14ClNO3/c13-6-9(15)7-17-11-5-8-3-1-2-4-10(8)14-12(11)16/h1-4,9,11,15H,5-7H2,(H,14,16). The van der Waals surface area contributed by atoms with Crippen molar-refractivity contribution in [2.24, 2.45) is 0 Å². The van der Waals surface area contributed by atoms with Gasteiger partial charge in [-0.3, -0.25) is 4.79 Å². The molecule has 0 saturated carbocycles. The number of rotatable bonds is 4. The zero-order valence-corrected chi connectivity index (χ0v) is 9.98. The van der Waals surface area contributed by atoms with E-state index in [1.807, 2.05) is 24.3 Å². The molecule has 0 fully saturated rings. The van der Waals surface area contributed by atoms with Crippen LogP contribution < -0.4 is 5.32 Å². The van der Waals surface area contributed by atoms with Crippen molar-refractivity contribution in [2.45, 2.75) is 18.6 Å². The largest absolute Gasteiger partial charge is 0.389 e. The summed E-state index contributed by atoms with van der Waals surface area (Å²) in [5.74, 6) is -0.0734. The number of hydrogen-bond donors (Lipinski definition) is 2. The third-order valence-electron chi connectivity index (χ3n) is 2.64. The number of aliphatic hydroxyl groups is 1. The Bertz CT molecular complexity index is 410. The highest BCUT2D eigenvalue weighted by Gasteiger charge is 2.26. The number of para-hydroxylation sites is 1. The van der Waals surface area contributed by atoms with E-state index in [0.29, 0.717) is 6.42 Å². The fourth-order valence-corrected chi connectivity index (χ4v) is 1.82. The average Bonchev–Trinajstić information content (AvgIpc) is 2.35. The van der Waals surface area contributed by atoms with E-state index >= 15 is 0 Å². The lowest BCUT2D eigenvalue weighted by Gasteiger charge is -2.25. The summed E-state index contributed by atoms with van der Waals surface area (Å²) in [4.78, 5) is 11.7. The van der Waals surface area contributed by atoms with Gasteiger partial charge in [-0.15, -0.1) is 11.6 Å². The van der Waals surface area contributed by atoms with Crippen molar-refractivity contribution in [2.75, 3.05) is 17.8 Å². The molecule has 2 N–H and O–H groups in total. The number of nitrogens with one attached hydrogen (secondary N) is 1. The predicted octanol–water partition coefficient (Wildman–Crippen LogP) is 1.17. The van der Waals surface area contributed by atoms with Gasteiger partial charge in [-0.1, -0.05) is 18.2 Å². The third-order valence-corrected chi connectivity index (χ3v) is 3.00. The van der Waals surface area contributed by atoms with Crippen LogP contribution in [0.2, 0.25) is 0 Å². The summed E-state index contributed by atoms with van der Waals surface area (Å²) in [6, 6.07) is 7.60. The second kappa shape index (κ2) is 5.49. The Morgan fingerprint density at radius 1 is 1.53 bits per heavy atom. The van der Waals surface area contributed by atoms with Gasteiger partial charge in [-0.2, -0.15) is 0 Å². The minimum atomic E-state index is -0.735. The molecule has 0 aromatic heterocycles. The quantitative estimate of drug-likeness (QED) is 0.794. The topological polar surface area (TPSA) is 58.6 Å². The molecule has 0 aliphatic carbocycles. The first-order valence-electron chi connectivity index (χ1n) is 5.45. The van der Waals surface area contributed by atoms with E-state index in [1.54, 1.807) is 0 Å². The third kappa shape index (κ3) is 2.97. The van der Waals surface area contributed by atoms with Crippen molar-refractivity contribution in [1.82, 2.24) is 0 Å². The molecule has 2 atom stereocenters. The van der Waals surface area contributed by atoms with E-state index < -0.39 is 12.2 Å². The molecule has 0 bridgehead atoms. The van der Waals surface area contributed by atoms with Gasteiger partial charge in [0.2, 0.25) is 0 Å². The van der Waals surface area contributed by atoms with E-state index in [4.69, 9.17) is 16.3 Å². The molecule has 4 nitrogen and oxygen atoms in total. The van der Waals surface area contributed by atoms with Crippen LogP contribution in [0.1, 0.15) is 5.56 Å². The number of ether oxygens (including phenoxy) is 1. The monoisotopic (exact) mass is 255 g/mol. The second-order valence-corrected chi connectivity index (χ2v) is 4.29. The minimum Gasteiger partial charge on any atom is -0.389 e. The summed E-state index contributed by atoms with van der Waals surface area (Å²) in [6.45, 7) is 0.0732. The molecule has 2 unspecified atom stereocenters. The van der Waals surface area contributed by atoms with Gasteiger partial charge in [0.1, 0.15) is 6.10 Å². The summed E-state index contributed by atoms with van der Waals surface area (Å²) in [5.41, 5.74) is 1.87. The van der Waals surface area contributed by atoms with Crippen LogP contribution in [-0.4, -0.2) is 35.7 Å². The Morgan fingerprint density at radius 3 is 3.06 bits per heavy atom. The molecular formula is C12H14ClNO3. The van der Waals surface area contributed by atoms with E-state index in [1.165, 1.54) is 0 Å². The lowest BCUT2D eigenvalue weighted by molar-refractivity contribution is -0.129. The number of halogens is 1. The van der Waals surface area contributed by atoms with Gasteiger partial charge in [-0.25, -0.2) is 0 Å². The lowest BCUT2D eigenvalue weighted by Crippen LogP contribution is -2.38. The molecule has 0 saturated heterocycles. The first-order chi connectivity index (χ1) is 8.20. The zero-order valence-electron chi connectivity index (χ0n) is 9.23. The number of amides is 1. The van der Waals surface area contributed by atoms with Gasteiger partial charge in [0.25, 0.3) is 5.91 Å². The van der Waals surface area contributed by atoms with Crippen molar-refractivity contribution >= 4 is 23.2 Å². The van der Waals surface area contributed by atoms with Gasteiger partial charge in [0, 0.05) is 12.1 Å². The summed E-state index contributed by atoms with van der Waals surface area (Å²) in [7, 11) is 0. The molecule has 1 aliphatic heterocycles. The van der Waals surface area contributed by atoms with Gasteiger partial charge >= 0.3 is 0 Å². The first-order valence-corrected chi connectivity index (χ1v) is 5.98. The molecule has 1 heterocycles. The normalized spacial score (nSPS) is 20.6. The number of hydrogen-bond acceptors (Lipinski definition) is 3. The lowest BCUT2D eigenvalue weighted by atomic mass is 10.0. The molecule has 1 aliphatic rings. The van der Waals surface area contributed by atoms with Crippen LogP contribution in [0.25, 0.3) is 0 Å². The van der Waals surface area contributed by atoms with Gasteiger partial charge in [-0.05, 0) is 11.6 Å². The molecule has 92 valence electrons. The van der Waals surface area contributed by atoms with Crippen LogP contribution in [0, 0.1) is 0 Å². The highest BCUT2D eigenvalue weighted by molar-refractivity contribution is 6.18. The van der Waals surface area contributed by atoms with Gasteiger partial charge in [0.15, 0.2) is 0 Å². The maximum absolute atomic E-state index is 11.7. The molecular weight excluding hydrogens is 242 g/mol. The van der Waals surface area contributed by atoms with Crippen molar-refractivity contribution in [3.05, 3.63) is 29.8 Å². The molecule has 5 heteroatoms. The Balaban J connectivity index is 2.00. The number of benzene rings is 1. The molecule has 2 rings (SSSR count). The number of anilines is 1. The van der Waals surface area contributed by atoms with E-state index in [2.05, 4.69) is 5.32 Å². The molecule has 0 spiro atoms. The Hall–Kier alpha value is -1.10. The molecule has 1 aromatic carbocycles. The Morgan fingerprint density at radius 2 is 2.29 bits per heavy atom. The molecule has 0 radical (unpaired) electrons. The van der Waals surface area contributed by atoms with E-state index in [9.17, 15) is 9.90 Å². The smallest absolute Gasteiger partial charge is 0.253 e. The zero-order chi connectivity index (χ0) is 12.3. The highest BCUT2D eigenvalue weighted by atomic mass is 35.5. The van der Waals surface area contributed by atoms with Crippen molar-refractivity contribution in [3.63, 3.8) is 0 Å². The van der Waals surface area contributed by atoms with Crippen molar-refractivity contribution < 1.29 is 14.6 Å². The van der Waals surface area contributed by atoms with E-state index in [-0.39, 0.29) is 18.4 Å². The fraction of sp³-hybridized carbons (Fsp3) is 0.417. The van der Waals surface area contributed by atoms with Crippen LogP contribution in [0.5, 0.6) is 0 Å². The maximum Gasteiger partial charge on any atom is 0.253 e. The Kier molecular flexibility index (Phi) is 3.99. The van der Waals surface area contributed by atoms with Crippen LogP contribution in [-0.2, 0) is 16.0 Å². The Labute approximate surface area is 105 Å². The first kappa shape index (κ1) is 12.4. The highest BCUT2D eigenvalue weighted by Crippen LogP contribution is 2.23. The second-order valence-electron chi connectivity index (χ2n) is 3.98.